The van der Waals surface area contributed by atoms with Gasteiger partial charge in [0.15, 0.2) is 5.82 Å². The number of benzene rings is 3. The Kier molecular flexibility index (Phi) is 6.17. The highest BCUT2D eigenvalue weighted by atomic mass is 16.5. The monoisotopic (exact) mass is 481 g/mol. The third kappa shape index (κ3) is 4.25. The van der Waals surface area contributed by atoms with Crippen molar-refractivity contribution < 1.29 is 9.84 Å². The molecule has 0 atom stereocenters. The zero-order valence-electron chi connectivity index (χ0n) is 20.5. The Labute approximate surface area is 210 Å². The van der Waals surface area contributed by atoms with Crippen molar-refractivity contribution in [1.82, 2.24) is 19.7 Å². The van der Waals surface area contributed by atoms with E-state index in [-0.39, 0.29) is 6.61 Å². The molecule has 36 heavy (non-hydrogen) atoms. The lowest BCUT2D eigenvalue weighted by Crippen LogP contribution is -2.15. The molecule has 0 amide bonds. The van der Waals surface area contributed by atoms with Crippen LogP contribution >= 0.6 is 0 Å². The van der Waals surface area contributed by atoms with Gasteiger partial charge in [0, 0.05) is 18.5 Å². The van der Waals surface area contributed by atoms with Gasteiger partial charge in [-0.25, -0.2) is 4.98 Å². The molecule has 3 N–H and O–H groups in total. The van der Waals surface area contributed by atoms with Crippen LogP contribution in [0.5, 0.6) is 0 Å². The van der Waals surface area contributed by atoms with Gasteiger partial charge < -0.3 is 19.7 Å². The van der Waals surface area contributed by atoms with E-state index in [2.05, 4.69) is 68.6 Å². The van der Waals surface area contributed by atoms with E-state index in [1.165, 1.54) is 19.3 Å². The van der Waals surface area contributed by atoms with Gasteiger partial charge in [-0.2, -0.15) is 5.10 Å². The molecule has 0 aliphatic heterocycles. The van der Waals surface area contributed by atoms with Crippen LogP contribution in [-0.4, -0.2) is 32.0 Å². The maximum Gasteiger partial charge on any atom is 0.209 e. The maximum absolute atomic E-state index is 9.64. The molecule has 1 aliphatic carbocycles. The molecule has 6 rings (SSSR count). The molecule has 184 valence electrons. The Balaban J connectivity index is 1.41. The summed E-state index contributed by atoms with van der Waals surface area (Å²) in [5, 5.41) is 22.0. The Morgan fingerprint density at radius 3 is 2.69 bits per heavy atom. The van der Waals surface area contributed by atoms with Gasteiger partial charge in [-0.3, -0.25) is 5.10 Å². The number of nitrogens with one attached hydrogen (secondary N) is 2. The number of aliphatic hydroxyl groups is 1. The van der Waals surface area contributed by atoms with Crippen LogP contribution in [0.2, 0.25) is 0 Å². The normalized spacial score (nSPS) is 14.6. The number of hydrogen-bond acceptors (Lipinski definition) is 5. The fourth-order valence-corrected chi connectivity index (χ4v) is 5.44. The molecule has 7 heteroatoms. The van der Waals surface area contributed by atoms with Crippen LogP contribution < -0.4 is 5.32 Å². The molecular weight excluding hydrogens is 450 g/mol. The molecule has 1 aliphatic rings. The molecule has 3 aromatic carbocycles. The van der Waals surface area contributed by atoms with Crippen molar-refractivity contribution in [2.45, 2.75) is 51.4 Å². The Morgan fingerprint density at radius 2 is 1.86 bits per heavy atom. The van der Waals surface area contributed by atoms with Crippen molar-refractivity contribution >= 4 is 33.7 Å². The molecule has 5 aromatic rings. The third-order valence-corrected chi connectivity index (χ3v) is 7.24. The van der Waals surface area contributed by atoms with Gasteiger partial charge in [0.1, 0.15) is 0 Å². The number of hydrogen-bond donors (Lipinski definition) is 3. The summed E-state index contributed by atoms with van der Waals surface area (Å²) in [6.45, 7) is 0.595. The highest BCUT2D eigenvalue weighted by Gasteiger charge is 2.23. The van der Waals surface area contributed by atoms with Crippen LogP contribution in [0.3, 0.4) is 0 Å². The third-order valence-electron chi connectivity index (χ3n) is 7.24. The number of aromatic amines is 1. The number of imidazole rings is 1. The zero-order chi connectivity index (χ0) is 24.5. The van der Waals surface area contributed by atoms with Gasteiger partial charge in [0.25, 0.3) is 0 Å². The highest BCUT2D eigenvalue weighted by molar-refractivity contribution is 5.94. The first kappa shape index (κ1) is 22.8. The number of rotatable bonds is 7. The number of fused-ring (bicyclic) bond motifs is 2. The van der Waals surface area contributed by atoms with Gasteiger partial charge in [-0.15, -0.1) is 0 Å². The van der Waals surface area contributed by atoms with E-state index in [4.69, 9.17) is 9.72 Å². The summed E-state index contributed by atoms with van der Waals surface area (Å²) < 4.78 is 7.66. The number of methoxy groups -OCH3 is 1. The van der Waals surface area contributed by atoms with Gasteiger partial charge in [0.05, 0.1) is 29.8 Å². The lowest BCUT2D eigenvalue weighted by molar-refractivity contribution is 0.185. The van der Waals surface area contributed by atoms with Crippen molar-refractivity contribution in [2.24, 2.45) is 0 Å². The molecule has 0 radical (unpaired) electrons. The van der Waals surface area contributed by atoms with E-state index in [1.54, 1.807) is 7.11 Å². The summed E-state index contributed by atoms with van der Waals surface area (Å²) in [5.41, 5.74) is 7.24. The predicted molar refractivity (Wildman–Crippen MR) is 143 cm³/mol. The van der Waals surface area contributed by atoms with Gasteiger partial charge in [-0.1, -0.05) is 49.6 Å². The van der Waals surface area contributed by atoms with Crippen LogP contribution in [0.4, 0.5) is 11.8 Å². The molecule has 2 aromatic heterocycles. The highest BCUT2D eigenvalue weighted by Crippen LogP contribution is 2.36. The van der Waals surface area contributed by atoms with E-state index in [1.807, 2.05) is 12.1 Å². The fraction of sp³-hybridized carbons (Fsp3) is 0.310. The van der Waals surface area contributed by atoms with Crippen molar-refractivity contribution in [3.05, 3.63) is 71.8 Å². The second-order valence-corrected chi connectivity index (χ2v) is 9.67. The van der Waals surface area contributed by atoms with Crippen LogP contribution in [0, 0.1) is 0 Å². The first-order chi connectivity index (χ1) is 17.7. The topological polar surface area (TPSA) is 88.0 Å². The first-order valence-corrected chi connectivity index (χ1v) is 12.7. The second-order valence-electron chi connectivity index (χ2n) is 9.67. The fourth-order valence-electron chi connectivity index (χ4n) is 5.44. The van der Waals surface area contributed by atoms with Gasteiger partial charge in [-0.05, 0) is 65.4 Å². The second kappa shape index (κ2) is 9.76. The van der Waals surface area contributed by atoms with E-state index in [9.17, 15) is 5.11 Å². The quantitative estimate of drug-likeness (QED) is 0.248. The minimum Gasteiger partial charge on any atom is -0.392 e. The van der Waals surface area contributed by atoms with E-state index in [0.29, 0.717) is 12.6 Å². The largest absolute Gasteiger partial charge is 0.392 e. The summed E-state index contributed by atoms with van der Waals surface area (Å²) in [6.07, 6.45) is 6.04. The van der Waals surface area contributed by atoms with Crippen molar-refractivity contribution in [1.29, 1.82) is 0 Å². The molecule has 1 fully saturated rings. The first-order valence-electron chi connectivity index (χ1n) is 12.7. The molecule has 0 saturated heterocycles. The Morgan fingerprint density at radius 1 is 1.00 bits per heavy atom. The Hall–Kier alpha value is -3.68. The summed E-state index contributed by atoms with van der Waals surface area (Å²) in [4.78, 5) is 4.96. The number of H-pyrrole nitrogens is 1. The van der Waals surface area contributed by atoms with E-state index < -0.39 is 0 Å². The zero-order valence-corrected chi connectivity index (χ0v) is 20.5. The van der Waals surface area contributed by atoms with Crippen LogP contribution in [0.25, 0.3) is 33.1 Å². The minimum absolute atomic E-state index is 0.00729. The lowest BCUT2D eigenvalue weighted by Gasteiger charge is -2.25. The van der Waals surface area contributed by atoms with Crippen molar-refractivity contribution in [2.75, 3.05) is 12.4 Å². The van der Waals surface area contributed by atoms with Crippen LogP contribution in [-0.2, 0) is 18.0 Å². The number of nitrogens with zero attached hydrogens (tertiary/aromatic N) is 3. The molecule has 1 saturated carbocycles. The molecule has 2 heterocycles. The number of ether oxygens (including phenoxy) is 1. The number of aliphatic hydroxyl groups excluding tert-OH is 1. The molecule has 0 unspecified atom stereocenters. The van der Waals surface area contributed by atoms with Gasteiger partial charge in [0.2, 0.25) is 5.95 Å². The molecule has 7 nitrogen and oxygen atoms in total. The molecule has 0 spiro atoms. The number of anilines is 2. The molecule has 0 bridgehead atoms. The Bertz CT molecular complexity index is 1510. The summed E-state index contributed by atoms with van der Waals surface area (Å²) in [5.74, 6) is 1.56. The number of aromatic nitrogens is 4. The summed E-state index contributed by atoms with van der Waals surface area (Å²) in [7, 11) is 1.72. The van der Waals surface area contributed by atoms with Crippen LogP contribution in [0.1, 0.15) is 49.3 Å². The smallest absolute Gasteiger partial charge is 0.209 e. The van der Waals surface area contributed by atoms with Gasteiger partial charge >= 0.3 is 0 Å². The average Bonchev–Trinajstić information content (AvgIpc) is 3.49. The minimum atomic E-state index is 0.00729. The predicted octanol–water partition coefficient (Wildman–Crippen LogP) is 6.47. The van der Waals surface area contributed by atoms with Crippen LogP contribution in [0.15, 0.2) is 60.7 Å². The van der Waals surface area contributed by atoms with E-state index in [0.717, 1.165) is 68.8 Å². The molecular formula is C29H31N5O2. The average molecular weight is 482 g/mol. The maximum atomic E-state index is 9.64. The van der Waals surface area contributed by atoms with Crippen molar-refractivity contribution in [3.8, 4) is 11.1 Å². The lowest BCUT2D eigenvalue weighted by atomic mass is 9.95. The summed E-state index contributed by atoms with van der Waals surface area (Å²) in [6, 6.07) is 21.2. The van der Waals surface area contributed by atoms with Crippen molar-refractivity contribution in [3.63, 3.8) is 0 Å². The standard InChI is InChI=1S/C29H31N5O2/c1-36-18-20-6-5-7-21(14-20)22-11-12-25-24(16-22)28(33-32-25)31-29-30-26-15-19(17-35)10-13-27(26)34(29)23-8-3-2-4-9-23/h5-7,10-16,23,35H,2-4,8-9,17-18H2,1H3,(H2,30,31,32,33). The van der Waals surface area contributed by atoms with E-state index >= 15 is 0 Å². The SMILES string of the molecule is COCc1cccc(-c2ccc3[nH]nc(Nc4nc5cc(CO)ccc5n4C4CCCCC4)c3c2)c1. The summed E-state index contributed by atoms with van der Waals surface area (Å²) >= 11 is 0.